The molecule has 4 aromatic heterocycles. The van der Waals surface area contributed by atoms with Crippen LogP contribution in [0.2, 0.25) is 0 Å². The first-order valence-corrected chi connectivity index (χ1v) is 9.11. The van der Waals surface area contributed by atoms with Crippen LogP contribution < -0.4 is 5.32 Å². The fourth-order valence-electron chi connectivity index (χ4n) is 2.86. The quantitative estimate of drug-likeness (QED) is 0.486. The molecule has 0 aliphatic rings. The molecule has 0 aromatic carbocycles. The van der Waals surface area contributed by atoms with Crippen molar-refractivity contribution in [1.29, 1.82) is 5.26 Å². The van der Waals surface area contributed by atoms with Gasteiger partial charge in [0.25, 0.3) is 5.91 Å². The second-order valence-corrected chi connectivity index (χ2v) is 7.40. The minimum absolute atomic E-state index is 0.251. The summed E-state index contributed by atoms with van der Waals surface area (Å²) in [5.74, 6) is -0.313. The molecule has 0 aliphatic heterocycles. The number of carbonyl (C=O) groups excluding carboxylic acids is 1. The molecule has 0 bridgehead atoms. The van der Waals surface area contributed by atoms with Gasteiger partial charge < -0.3 is 10.3 Å². The van der Waals surface area contributed by atoms with Gasteiger partial charge in [0.1, 0.15) is 11.3 Å². The fraction of sp³-hybridized carbons (Fsp3) is 0.190. The number of aromatic nitrogens is 5. The summed E-state index contributed by atoms with van der Waals surface area (Å²) < 4.78 is 0. The second-order valence-electron chi connectivity index (χ2n) is 7.40. The third kappa shape index (κ3) is 3.84. The molecule has 1 amide bonds. The number of H-pyrrole nitrogens is 2. The van der Waals surface area contributed by atoms with Crippen LogP contribution in [0.1, 0.15) is 24.3 Å². The van der Waals surface area contributed by atoms with Crippen molar-refractivity contribution in [2.75, 3.05) is 6.54 Å². The number of hydrogen-bond donors (Lipinski definition) is 3. The van der Waals surface area contributed by atoms with Crippen molar-refractivity contribution in [2.45, 2.75) is 13.8 Å². The summed E-state index contributed by atoms with van der Waals surface area (Å²) in [4.78, 5) is 24.6. The second kappa shape index (κ2) is 7.20. The maximum absolute atomic E-state index is 12.4. The van der Waals surface area contributed by atoms with Gasteiger partial charge in [-0.05, 0) is 44.2 Å². The fourth-order valence-corrected chi connectivity index (χ4v) is 2.86. The molecule has 0 fully saturated rings. The van der Waals surface area contributed by atoms with Crippen LogP contribution in [0.15, 0.2) is 48.8 Å². The van der Waals surface area contributed by atoms with Crippen molar-refractivity contribution >= 4 is 16.9 Å². The molecule has 0 aliphatic carbocycles. The Hall–Kier alpha value is -3.99. The number of pyridine rings is 2. The average Bonchev–Trinajstić information content (AvgIpc) is 3.41. The van der Waals surface area contributed by atoms with Crippen LogP contribution in [0.3, 0.4) is 0 Å². The summed E-state index contributed by atoms with van der Waals surface area (Å²) in [7, 11) is 0. The first kappa shape index (κ1) is 18.4. The van der Waals surface area contributed by atoms with Gasteiger partial charge in [0.2, 0.25) is 0 Å². The molecule has 3 N–H and O–H groups in total. The Morgan fingerprint density at radius 2 is 2.10 bits per heavy atom. The number of nitrogens with zero attached hydrogens (tertiary/aromatic N) is 4. The van der Waals surface area contributed by atoms with Crippen molar-refractivity contribution in [2.24, 2.45) is 5.41 Å². The lowest BCUT2D eigenvalue weighted by Crippen LogP contribution is -2.33. The SMILES string of the molecule is CC(C)(C#N)CNC(=O)c1cccc(-c2cnc3[nH]c(-c4ccn[nH]4)cc3c2)n1. The first-order chi connectivity index (χ1) is 13.9. The summed E-state index contributed by atoms with van der Waals surface area (Å²) in [5.41, 5.74) is 3.64. The van der Waals surface area contributed by atoms with Gasteiger partial charge in [0.15, 0.2) is 0 Å². The van der Waals surface area contributed by atoms with Crippen LogP contribution in [0.25, 0.3) is 33.7 Å². The number of fused-ring (bicyclic) bond motifs is 1. The third-order valence-corrected chi connectivity index (χ3v) is 4.53. The van der Waals surface area contributed by atoms with Gasteiger partial charge in [-0.15, -0.1) is 0 Å². The molecular formula is C21H19N7O. The molecule has 0 atom stereocenters. The van der Waals surface area contributed by atoms with Gasteiger partial charge in [0, 0.05) is 29.9 Å². The van der Waals surface area contributed by atoms with E-state index in [0.29, 0.717) is 11.4 Å². The molecule has 8 nitrogen and oxygen atoms in total. The van der Waals surface area contributed by atoms with E-state index in [2.05, 4.69) is 36.5 Å². The molecule has 4 aromatic rings. The monoisotopic (exact) mass is 385 g/mol. The van der Waals surface area contributed by atoms with E-state index in [-0.39, 0.29) is 12.5 Å². The number of hydrogen-bond acceptors (Lipinski definition) is 5. The van der Waals surface area contributed by atoms with Gasteiger partial charge in [-0.1, -0.05) is 6.07 Å². The smallest absolute Gasteiger partial charge is 0.269 e. The van der Waals surface area contributed by atoms with Gasteiger partial charge in [-0.25, -0.2) is 9.97 Å². The van der Waals surface area contributed by atoms with Gasteiger partial charge in [0.05, 0.1) is 28.6 Å². The molecule has 0 unspecified atom stereocenters. The van der Waals surface area contributed by atoms with Crippen molar-refractivity contribution in [3.05, 3.63) is 54.5 Å². The molecule has 0 radical (unpaired) electrons. The lowest BCUT2D eigenvalue weighted by Gasteiger charge is -2.15. The normalized spacial score (nSPS) is 11.3. The Labute approximate surface area is 167 Å². The number of rotatable bonds is 5. The Balaban J connectivity index is 1.60. The van der Waals surface area contributed by atoms with Gasteiger partial charge >= 0.3 is 0 Å². The lowest BCUT2D eigenvalue weighted by atomic mass is 9.96. The molecule has 29 heavy (non-hydrogen) atoms. The number of carbonyl (C=O) groups is 1. The zero-order valence-corrected chi connectivity index (χ0v) is 16.0. The van der Waals surface area contributed by atoms with Crippen LogP contribution in [0.4, 0.5) is 0 Å². The topological polar surface area (TPSA) is 123 Å². The highest BCUT2D eigenvalue weighted by Crippen LogP contribution is 2.25. The average molecular weight is 385 g/mol. The van der Waals surface area contributed by atoms with Crippen molar-refractivity contribution in [1.82, 2.24) is 30.5 Å². The van der Waals surface area contributed by atoms with Crippen LogP contribution in [-0.2, 0) is 0 Å². The molecule has 4 rings (SSSR count). The van der Waals surface area contributed by atoms with Crippen LogP contribution in [0.5, 0.6) is 0 Å². The summed E-state index contributed by atoms with van der Waals surface area (Å²) in [6.07, 6.45) is 3.41. The van der Waals surface area contributed by atoms with E-state index in [1.54, 1.807) is 38.4 Å². The Morgan fingerprint density at radius 3 is 2.86 bits per heavy atom. The Kier molecular flexibility index (Phi) is 4.56. The molecule has 0 spiro atoms. The van der Waals surface area contributed by atoms with E-state index in [1.807, 2.05) is 24.3 Å². The van der Waals surface area contributed by atoms with Crippen LogP contribution in [-0.4, -0.2) is 37.6 Å². The predicted molar refractivity (Wildman–Crippen MR) is 109 cm³/mol. The maximum Gasteiger partial charge on any atom is 0.269 e. The number of nitriles is 1. The number of amides is 1. The zero-order chi connectivity index (χ0) is 20.4. The van der Waals surface area contributed by atoms with Crippen molar-refractivity contribution < 1.29 is 4.79 Å². The Morgan fingerprint density at radius 1 is 1.24 bits per heavy atom. The summed E-state index contributed by atoms with van der Waals surface area (Å²) in [5, 5.41) is 19.7. The summed E-state index contributed by atoms with van der Waals surface area (Å²) in [6.45, 7) is 3.79. The van der Waals surface area contributed by atoms with Crippen molar-refractivity contribution in [3.63, 3.8) is 0 Å². The number of aromatic amines is 2. The summed E-state index contributed by atoms with van der Waals surface area (Å²) >= 11 is 0. The Bertz CT molecular complexity index is 1220. The highest BCUT2D eigenvalue weighted by Gasteiger charge is 2.19. The third-order valence-electron chi connectivity index (χ3n) is 4.53. The predicted octanol–water partition coefficient (Wildman–Crippen LogP) is 3.29. The van der Waals surface area contributed by atoms with E-state index >= 15 is 0 Å². The zero-order valence-electron chi connectivity index (χ0n) is 16.0. The van der Waals surface area contributed by atoms with E-state index in [1.165, 1.54) is 0 Å². The van der Waals surface area contributed by atoms with Crippen LogP contribution >= 0.6 is 0 Å². The highest BCUT2D eigenvalue weighted by molar-refractivity contribution is 5.93. The van der Waals surface area contributed by atoms with E-state index in [9.17, 15) is 4.79 Å². The van der Waals surface area contributed by atoms with E-state index < -0.39 is 5.41 Å². The minimum atomic E-state index is -0.636. The van der Waals surface area contributed by atoms with E-state index in [0.717, 1.165) is 28.0 Å². The molecule has 0 saturated carbocycles. The molecule has 144 valence electrons. The minimum Gasteiger partial charge on any atom is -0.349 e. The van der Waals surface area contributed by atoms with Gasteiger partial charge in [-0.3, -0.25) is 9.89 Å². The summed E-state index contributed by atoms with van der Waals surface area (Å²) in [6, 6.07) is 13.3. The highest BCUT2D eigenvalue weighted by atomic mass is 16.1. The molecular weight excluding hydrogens is 366 g/mol. The largest absolute Gasteiger partial charge is 0.349 e. The molecule has 4 heterocycles. The lowest BCUT2D eigenvalue weighted by molar-refractivity contribution is 0.0939. The molecule has 0 saturated heterocycles. The molecule has 8 heteroatoms. The van der Waals surface area contributed by atoms with Crippen LogP contribution in [0, 0.1) is 16.7 Å². The van der Waals surface area contributed by atoms with Gasteiger partial charge in [-0.2, -0.15) is 10.4 Å². The number of nitrogens with one attached hydrogen (secondary N) is 3. The standard InChI is InChI=1S/C21H19N7O/c1-21(2,11-22)12-24-20(29)17-5-3-4-15(26-17)14-8-13-9-18(16-6-7-25-28-16)27-19(13)23-10-14/h3-10H,12H2,1-2H3,(H,23,27)(H,24,29)(H,25,28). The first-order valence-electron chi connectivity index (χ1n) is 9.11. The van der Waals surface area contributed by atoms with E-state index in [4.69, 9.17) is 5.26 Å². The van der Waals surface area contributed by atoms with Crippen molar-refractivity contribution in [3.8, 4) is 28.7 Å². The maximum atomic E-state index is 12.4.